The Hall–Kier alpha value is -3.51. The molecule has 2 rings (SSSR count). The molecule has 6 N–H and O–H groups in total. The van der Waals surface area contributed by atoms with Crippen LogP contribution in [0.15, 0.2) is 53.4 Å². The van der Waals surface area contributed by atoms with E-state index in [1.807, 2.05) is 4.72 Å². The third-order valence-corrected chi connectivity index (χ3v) is 5.69. The Morgan fingerprint density at radius 3 is 2.31 bits per heavy atom. The molecule has 10 nitrogen and oxygen atoms in total. The highest BCUT2D eigenvalue weighted by atomic mass is 32.2. The number of aliphatic carboxylic acids is 1. The fourth-order valence-electron chi connectivity index (χ4n) is 2.51. The number of benzene rings is 2. The molecule has 0 heterocycles. The smallest absolute Gasteiger partial charge is 0.323 e. The minimum Gasteiger partial charge on any atom is -0.494 e. The molecule has 0 saturated carbocycles. The molecule has 0 aliphatic heterocycles. The fraction of sp³-hybridized carbons (Fsp3) is 0.250. The van der Waals surface area contributed by atoms with Crippen molar-refractivity contribution in [2.24, 2.45) is 5.73 Å². The number of halogens is 1. The number of sulfonamides is 1. The summed E-state index contributed by atoms with van der Waals surface area (Å²) in [4.78, 5) is 23.0. The summed E-state index contributed by atoms with van der Waals surface area (Å²) < 4.78 is 44.9. The molecule has 12 heteroatoms. The number of ether oxygens (including phenoxy) is 1. The predicted molar refractivity (Wildman–Crippen MR) is 113 cm³/mol. The van der Waals surface area contributed by atoms with Crippen LogP contribution in [0.3, 0.4) is 0 Å². The molecule has 0 bridgehead atoms. The maximum Gasteiger partial charge on any atom is 0.323 e. The van der Waals surface area contributed by atoms with E-state index in [9.17, 15) is 27.5 Å². The minimum atomic E-state index is -4.22. The third-order valence-electron chi connectivity index (χ3n) is 4.21. The van der Waals surface area contributed by atoms with E-state index in [2.05, 4.69) is 5.32 Å². The Labute approximate surface area is 184 Å². The molecule has 2 aromatic carbocycles. The monoisotopic (exact) mass is 466 g/mol. The van der Waals surface area contributed by atoms with Crippen molar-refractivity contribution in [2.75, 3.05) is 13.2 Å². The number of hydrogen-bond acceptors (Lipinski definition) is 6. The maximum atomic E-state index is 13.0. The molecule has 0 fully saturated rings. The van der Waals surface area contributed by atoms with Crippen molar-refractivity contribution in [3.05, 3.63) is 59.9 Å². The Bertz CT molecular complexity index is 1060. The lowest BCUT2D eigenvalue weighted by molar-refractivity contribution is -0.138. The first kappa shape index (κ1) is 24.8. The zero-order valence-corrected chi connectivity index (χ0v) is 17.7. The first-order chi connectivity index (χ1) is 15.1. The molecule has 32 heavy (non-hydrogen) atoms. The van der Waals surface area contributed by atoms with Gasteiger partial charge in [-0.3, -0.25) is 15.0 Å². The van der Waals surface area contributed by atoms with Gasteiger partial charge in [0.2, 0.25) is 15.9 Å². The average molecular weight is 466 g/mol. The van der Waals surface area contributed by atoms with Gasteiger partial charge in [-0.25, -0.2) is 12.8 Å². The minimum absolute atomic E-state index is 0.0303. The second-order valence-corrected chi connectivity index (χ2v) is 8.37. The Kier molecular flexibility index (Phi) is 8.67. The van der Waals surface area contributed by atoms with Crippen LogP contribution in [0.5, 0.6) is 5.75 Å². The summed E-state index contributed by atoms with van der Waals surface area (Å²) in [5.41, 5.74) is 5.92. The van der Waals surface area contributed by atoms with Gasteiger partial charge in [-0.2, -0.15) is 4.72 Å². The molecule has 0 aromatic heterocycles. The van der Waals surface area contributed by atoms with E-state index in [-0.39, 0.29) is 23.8 Å². The van der Waals surface area contributed by atoms with Gasteiger partial charge in [0.25, 0.3) is 0 Å². The SMILES string of the molecule is N=C(N)c1ccc(OCCCC(=O)NC[C@H](NS(=O)(=O)c2ccc(F)cc2)C(=O)O)cc1. The predicted octanol–water partition coefficient (Wildman–Crippen LogP) is 0.817. The van der Waals surface area contributed by atoms with Crippen LogP contribution >= 0.6 is 0 Å². The zero-order chi connectivity index (χ0) is 23.7. The third kappa shape index (κ3) is 7.63. The Morgan fingerprint density at radius 2 is 1.75 bits per heavy atom. The lowest BCUT2D eigenvalue weighted by Crippen LogP contribution is -2.48. The molecule has 0 aliphatic carbocycles. The van der Waals surface area contributed by atoms with Gasteiger partial charge < -0.3 is 20.9 Å². The van der Waals surface area contributed by atoms with Crippen LogP contribution in [0, 0.1) is 11.2 Å². The summed E-state index contributed by atoms with van der Waals surface area (Å²) in [7, 11) is -4.22. The molecule has 0 spiro atoms. The van der Waals surface area contributed by atoms with Crippen LogP contribution in [-0.2, 0) is 19.6 Å². The number of carbonyl (C=O) groups excluding carboxylic acids is 1. The number of rotatable bonds is 12. The van der Waals surface area contributed by atoms with Crippen molar-refractivity contribution < 1.29 is 32.2 Å². The van der Waals surface area contributed by atoms with Gasteiger partial charge in [0.05, 0.1) is 11.5 Å². The number of carboxylic acid groups (broad SMARTS) is 1. The molecule has 172 valence electrons. The zero-order valence-electron chi connectivity index (χ0n) is 16.9. The normalized spacial score (nSPS) is 12.0. The van der Waals surface area contributed by atoms with Crippen LogP contribution in [0.2, 0.25) is 0 Å². The van der Waals surface area contributed by atoms with Crippen LogP contribution in [-0.4, -0.2) is 50.4 Å². The highest BCUT2D eigenvalue weighted by Crippen LogP contribution is 2.12. The van der Waals surface area contributed by atoms with E-state index in [0.717, 1.165) is 24.3 Å². The molecule has 0 unspecified atom stereocenters. The van der Waals surface area contributed by atoms with Crippen LogP contribution < -0.4 is 20.5 Å². The molecule has 0 saturated heterocycles. The number of nitrogens with one attached hydrogen (secondary N) is 3. The topological polar surface area (TPSA) is 172 Å². The number of carboxylic acids is 1. The van der Waals surface area contributed by atoms with E-state index in [1.54, 1.807) is 24.3 Å². The van der Waals surface area contributed by atoms with Gasteiger partial charge in [0.15, 0.2) is 0 Å². The van der Waals surface area contributed by atoms with Crippen molar-refractivity contribution in [1.29, 1.82) is 5.41 Å². The average Bonchev–Trinajstić information content (AvgIpc) is 2.74. The highest BCUT2D eigenvalue weighted by Gasteiger charge is 2.25. The molecule has 1 amide bonds. The first-order valence-corrected chi connectivity index (χ1v) is 10.9. The second-order valence-electron chi connectivity index (χ2n) is 6.66. The van der Waals surface area contributed by atoms with Gasteiger partial charge in [-0.1, -0.05) is 0 Å². The highest BCUT2D eigenvalue weighted by molar-refractivity contribution is 7.89. The number of nitrogen functional groups attached to an aromatic ring is 1. The molecule has 1 atom stereocenters. The van der Waals surface area contributed by atoms with Gasteiger partial charge >= 0.3 is 5.97 Å². The maximum absolute atomic E-state index is 13.0. The lowest BCUT2D eigenvalue weighted by Gasteiger charge is -2.15. The Balaban J connectivity index is 1.78. The van der Waals surface area contributed by atoms with Crippen molar-refractivity contribution >= 4 is 27.7 Å². The summed E-state index contributed by atoms with van der Waals surface area (Å²) in [5, 5.41) is 18.9. The number of hydrogen-bond donors (Lipinski definition) is 5. The molecular weight excluding hydrogens is 443 g/mol. The summed E-state index contributed by atoms with van der Waals surface area (Å²) >= 11 is 0. The van der Waals surface area contributed by atoms with E-state index in [4.69, 9.17) is 15.9 Å². The largest absolute Gasteiger partial charge is 0.494 e. The summed E-state index contributed by atoms with van der Waals surface area (Å²) in [6, 6.07) is 8.81. The van der Waals surface area contributed by atoms with Gasteiger partial charge in [-0.05, 0) is 55.0 Å². The van der Waals surface area contributed by atoms with Gasteiger partial charge in [0, 0.05) is 18.5 Å². The van der Waals surface area contributed by atoms with E-state index in [0.29, 0.717) is 17.7 Å². The standard InChI is InChI=1S/C20H23FN4O6S/c21-14-5-9-16(10-6-14)32(29,30)25-17(20(27)28)12-24-18(26)2-1-11-31-15-7-3-13(4-8-15)19(22)23/h3-10,17,25H,1-2,11-12H2,(H3,22,23)(H,24,26)(H,27,28)/t17-/m0/s1. The van der Waals surface area contributed by atoms with E-state index >= 15 is 0 Å². The summed E-state index contributed by atoms with van der Waals surface area (Å²) in [6.45, 7) is -0.256. The first-order valence-electron chi connectivity index (χ1n) is 9.43. The molecule has 2 aromatic rings. The van der Waals surface area contributed by atoms with Crippen molar-refractivity contribution in [1.82, 2.24) is 10.0 Å². The Morgan fingerprint density at radius 1 is 1.12 bits per heavy atom. The van der Waals surface area contributed by atoms with Crippen molar-refractivity contribution in [2.45, 2.75) is 23.8 Å². The van der Waals surface area contributed by atoms with Gasteiger partial charge in [-0.15, -0.1) is 0 Å². The van der Waals surface area contributed by atoms with Gasteiger partial charge in [0.1, 0.15) is 23.4 Å². The fourth-order valence-corrected chi connectivity index (χ4v) is 3.70. The van der Waals surface area contributed by atoms with E-state index in [1.165, 1.54) is 0 Å². The molecular formula is C20H23FN4O6S. The van der Waals surface area contributed by atoms with Crippen LogP contribution in [0.4, 0.5) is 4.39 Å². The number of carbonyl (C=O) groups is 2. The quantitative estimate of drug-likeness (QED) is 0.175. The van der Waals surface area contributed by atoms with Crippen LogP contribution in [0.1, 0.15) is 18.4 Å². The van der Waals surface area contributed by atoms with Crippen LogP contribution in [0.25, 0.3) is 0 Å². The summed E-state index contributed by atoms with van der Waals surface area (Å²) in [6.07, 6.45) is 0.363. The molecule has 0 radical (unpaired) electrons. The van der Waals surface area contributed by atoms with Crippen molar-refractivity contribution in [3.8, 4) is 5.75 Å². The number of nitrogens with two attached hydrogens (primary N) is 1. The summed E-state index contributed by atoms with van der Waals surface area (Å²) in [5.74, 6) is -2.12. The van der Waals surface area contributed by atoms with Crippen molar-refractivity contribution in [3.63, 3.8) is 0 Å². The lowest BCUT2D eigenvalue weighted by atomic mass is 10.2. The van der Waals surface area contributed by atoms with E-state index < -0.39 is 40.3 Å². The number of amides is 1. The number of amidine groups is 1. The second kappa shape index (κ2) is 11.2. The molecule has 0 aliphatic rings.